The summed E-state index contributed by atoms with van der Waals surface area (Å²) in [5.74, 6) is 0.812. The van der Waals surface area contributed by atoms with E-state index in [4.69, 9.17) is 4.74 Å². The highest BCUT2D eigenvalue weighted by atomic mass is 79.9. The van der Waals surface area contributed by atoms with Crippen molar-refractivity contribution < 1.29 is 4.74 Å². The zero-order valence-electron chi connectivity index (χ0n) is 18.8. The van der Waals surface area contributed by atoms with Gasteiger partial charge in [0.2, 0.25) is 0 Å². The van der Waals surface area contributed by atoms with Crippen molar-refractivity contribution in [3.8, 4) is 34.1 Å². The summed E-state index contributed by atoms with van der Waals surface area (Å²) in [4.78, 5) is 0. The molecular formula is C32H20BrNO. The predicted octanol–water partition coefficient (Wildman–Crippen LogP) is 8.34. The van der Waals surface area contributed by atoms with E-state index in [0.29, 0.717) is 5.56 Å². The summed E-state index contributed by atoms with van der Waals surface area (Å²) in [7, 11) is 0. The third kappa shape index (κ3) is 3.55. The zero-order valence-corrected chi connectivity index (χ0v) is 20.4. The molecule has 3 heteroatoms. The highest BCUT2D eigenvalue weighted by Gasteiger charge is 2.44. The van der Waals surface area contributed by atoms with Crippen molar-refractivity contribution >= 4 is 15.9 Å². The highest BCUT2D eigenvalue weighted by Crippen LogP contribution is 2.52. The molecule has 0 bridgehead atoms. The van der Waals surface area contributed by atoms with Crippen molar-refractivity contribution in [1.82, 2.24) is 0 Å². The summed E-state index contributed by atoms with van der Waals surface area (Å²) in [6.45, 7) is 0. The van der Waals surface area contributed by atoms with Crippen molar-refractivity contribution in [3.05, 3.63) is 148 Å². The summed E-state index contributed by atoms with van der Waals surface area (Å²) in [6, 6.07) is 43.6. The number of fused-ring (bicyclic) bond motifs is 3. The van der Waals surface area contributed by atoms with Gasteiger partial charge in [0, 0.05) is 26.7 Å². The molecule has 0 N–H and O–H groups in total. The molecule has 0 fully saturated rings. The molecule has 0 radical (unpaired) electrons. The Hall–Kier alpha value is -4.13. The monoisotopic (exact) mass is 513 g/mol. The molecule has 5 aromatic carbocycles. The second-order valence-electron chi connectivity index (χ2n) is 8.61. The maximum atomic E-state index is 9.46. The molecule has 0 saturated carbocycles. The van der Waals surface area contributed by atoms with Gasteiger partial charge >= 0.3 is 0 Å². The Balaban J connectivity index is 1.62. The number of hydrogen-bond acceptors (Lipinski definition) is 2. The molecule has 0 spiro atoms. The third-order valence-corrected chi connectivity index (χ3v) is 7.02. The first-order chi connectivity index (χ1) is 17.2. The Labute approximate surface area is 213 Å². The van der Waals surface area contributed by atoms with E-state index in [9.17, 15) is 5.26 Å². The van der Waals surface area contributed by atoms with Crippen molar-refractivity contribution in [2.45, 2.75) is 5.60 Å². The van der Waals surface area contributed by atoms with E-state index in [0.717, 1.165) is 49.2 Å². The lowest BCUT2D eigenvalue weighted by molar-refractivity contribution is 0.152. The smallest absolute Gasteiger partial charge is 0.185 e. The fourth-order valence-electron chi connectivity index (χ4n) is 5.02. The molecule has 0 atom stereocenters. The zero-order chi connectivity index (χ0) is 23.8. The molecule has 2 nitrogen and oxygen atoms in total. The average molecular weight is 514 g/mol. The molecule has 1 aliphatic rings. The van der Waals surface area contributed by atoms with Crippen LogP contribution in [-0.2, 0) is 5.60 Å². The Kier molecular flexibility index (Phi) is 5.25. The van der Waals surface area contributed by atoms with E-state index < -0.39 is 5.60 Å². The van der Waals surface area contributed by atoms with Gasteiger partial charge in [-0.15, -0.1) is 0 Å². The number of benzene rings is 5. The molecular weight excluding hydrogens is 494 g/mol. The van der Waals surface area contributed by atoms with Crippen molar-refractivity contribution in [3.63, 3.8) is 0 Å². The Morgan fingerprint density at radius 1 is 0.629 bits per heavy atom. The van der Waals surface area contributed by atoms with Gasteiger partial charge in [0.25, 0.3) is 0 Å². The molecule has 1 heterocycles. The van der Waals surface area contributed by atoms with Gasteiger partial charge in [-0.1, -0.05) is 113 Å². The number of rotatable bonds is 3. The first kappa shape index (κ1) is 21.4. The lowest BCUT2D eigenvalue weighted by Gasteiger charge is -2.41. The standard InChI is InChI=1S/C32H20BrNO/c33-27-18-22(21-34)17-24(19-27)23-15-16-29-28-13-7-8-14-30(28)32(35-31(29)20-23,25-9-3-1-4-10-25)26-11-5-2-6-12-26/h1-20H. The van der Waals surface area contributed by atoms with Crippen LogP contribution in [0.5, 0.6) is 5.75 Å². The second kappa shape index (κ2) is 8.58. The van der Waals surface area contributed by atoms with Gasteiger partial charge in [0.15, 0.2) is 5.60 Å². The van der Waals surface area contributed by atoms with Crippen LogP contribution in [-0.4, -0.2) is 0 Å². The molecule has 0 unspecified atom stereocenters. The van der Waals surface area contributed by atoms with Crippen LogP contribution in [0.25, 0.3) is 22.3 Å². The van der Waals surface area contributed by atoms with E-state index in [1.54, 1.807) is 0 Å². The number of halogens is 1. The number of ether oxygens (including phenoxy) is 1. The van der Waals surface area contributed by atoms with Crippen LogP contribution in [0.3, 0.4) is 0 Å². The van der Waals surface area contributed by atoms with Crippen molar-refractivity contribution in [2.24, 2.45) is 0 Å². The van der Waals surface area contributed by atoms with Crippen LogP contribution in [0, 0.1) is 11.3 Å². The van der Waals surface area contributed by atoms with Gasteiger partial charge in [0.05, 0.1) is 11.6 Å². The van der Waals surface area contributed by atoms with E-state index in [1.165, 1.54) is 0 Å². The molecule has 0 aromatic heterocycles. The first-order valence-corrected chi connectivity index (χ1v) is 12.2. The maximum Gasteiger partial charge on any atom is 0.185 e. The highest BCUT2D eigenvalue weighted by molar-refractivity contribution is 9.10. The Bertz CT molecular complexity index is 1550. The van der Waals surface area contributed by atoms with Crippen LogP contribution in [0.1, 0.15) is 22.3 Å². The molecule has 1 aliphatic heterocycles. The average Bonchev–Trinajstić information content (AvgIpc) is 2.93. The summed E-state index contributed by atoms with van der Waals surface area (Å²) in [5, 5.41) is 9.46. The summed E-state index contributed by atoms with van der Waals surface area (Å²) in [6.07, 6.45) is 0. The van der Waals surface area contributed by atoms with Crippen molar-refractivity contribution in [1.29, 1.82) is 5.26 Å². The summed E-state index contributed by atoms with van der Waals surface area (Å²) < 4.78 is 7.96. The summed E-state index contributed by atoms with van der Waals surface area (Å²) in [5.41, 5.74) is 7.25. The SMILES string of the molecule is N#Cc1cc(Br)cc(-c2ccc3c(c2)OC(c2ccccc2)(c2ccccc2)c2ccccc2-3)c1. The largest absolute Gasteiger partial charge is 0.472 e. The summed E-state index contributed by atoms with van der Waals surface area (Å²) >= 11 is 3.54. The normalized spacial score (nSPS) is 13.1. The van der Waals surface area contributed by atoms with Crippen LogP contribution >= 0.6 is 15.9 Å². The van der Waals surface area contributed by atoms with E-state index >= 15 is 0 Å². The maximum absolute atomic E-state index is 9.46. The molecule has 166 valence electrons. The minimum atomic E-state index is -0.792. The van der Waals surface area contributed by atoms with E-state index in [-0.39, 0.29) is 0 Å². The number of hydrogen-bond donors (Lipinski definition) is 0. The molecule has 6 rings (SSSR count). The van der Waals surface area contributed by atoms with Crippen LogP contribution in [0.15, 0.2) is 126 Å². The van der Waals surface area contributed by atoms with Crippen LogP contribution in [0.4, 0.5) is 0 Å². The third-order valence-electron chi connectivity index (χ3n) is 6.56. The minimum Gasteiger partial charge on any atom is -0.472 e. The van der Waals surface area contributed by atoms with Gasteiger partial charge < -0.3 is 4.74 Å². The van der Waals surface area contributed by atoms with Crippen molar-refractivity contribution in [2.75, 3.05) is 0 Å². The van der Waals surface area contributed by atoms with Gasteiger partial charge in [-0.05, 0) is 41.0 Å². The van der Waals surface area contributed by atoms with E-state index in [2.05, 4.69) is 113 Å². The lowest BCUT2D eigenvalue weighted by atomic mass is 9.75. The van der Waals surface area contributed by atoms with Gasteiger partial charge in [-0.25, -0.2) is 0 Å². The fourth-order valence-corrected chi connectivity index (χ4v) is 5.51. The topological polar surface area (TPSA) is 33.0 Å². The fraction of sp³-hybridized carbons (Fsp3) is 0.0312. The Morgan fingerprint density at radius 2 is 1.29 bits per heavy atom. The van der Waals surface area contributed by atoms with E-state index in [1.807, 2.05) is 30.3 Å². The first-order valence-electron chi connectivity index (χ1n) is 11.4. The predicted molar refractivity (Wildman–Crippen MR) is 143 cm³/mol. The van der Waals surface area contributed by atoms with Gasteiger partial charge in [-0.2, -0.15) is 5.26 Å². The molecule has 35 heavy (non-hydrogen) atoms. The lowest BCUT2D eigenvalue weighted by Crippen LogP contribution is -2.38. The van der Waals surface area contributed by atoms with Crippen LogP contribution < -0.4 is 4.74 Å². The molecule has 0 amide bonds. The van der Waals surface area contributed by atoms with Gasteiger partial charge in [-0.3, -0.25) is 0 Å². The molecule has 0 saturated heterocycles. The Morgan fingerprint density at radius 3 is 1.97 bits per heavy atom. The number of nitrogens with zero attached hydrogens (tertiary/aromatic N) is 1. The minimum absolute atomic E-state index is 0.612. The number of nitriles is 1. The van der Waals surface area contributed by atoms with Crippen LogP contribution in [0.2, 0.25) is 0 Å². The molecule has 0 aliphatic carbocycles. The quantitative estimate of drug-likeness (QED) is 0.243. The second-order valence-corrected chi connectivity index (χ2v) is 9.53. The van der Waals surface area contributed by atoms with Gasteiger partial charge in [0.1, 0.15) is 5.75 Å². The molecule has 5 aromatic rings.